The topological polar surface area (TPSA) is 230 Å². The lowest BCUT2D eigenvalue weighted by Gasteiger charge is -2.45. The molecule has 0 aromatic heterocycles. The third kappa shape index (κ3) is 14.4. The van der Waals surface area contributed by atoms with Crippen LogP contribution in [0, 0.1) is 0 Å². The Morgan fingerprint density at radius 2 is 1.37 bits per heavy atom. The van der Waals surface area contributed by atoms with E-state index in [2.05, 4.69) is 10.6 Å². The highest BCUT2D eigenvalue weighted by atomic mass is 32.2. The molecule has 18 heteroatoms. The number of carboxylic acids is 1. The van der Waals surface area contributed by atoms with Gasteiger partial charge in [-0.3, -0.25) is 38.4 Å². The maximum absolute atomic E-state index is 13.5. The number of aliphatic carboxylic acids is 1. The van der Waals surface area contributed by atoms with E-state index in [1.807, 2.05) is 48.5 Å². The number of unbranched alkanes of at least 4 members (excludes halogenated alkanes) is 1. The number of fused-ring (bicyclic) bond motifs is 3. The molecule has 5 atom stereocenters. The summed E-state index contributed by atoms with van der Waals surface area (Å²) in [7, 11) is 0. The zero-order chi connectivity index (χ0) is 43.8. The molecule has 4 rings (SSSR count). The molecule has 2 aromatic carbocycles. The van der Waals surface area contributed by atoms with E-state index in [-0.39, 0.29) is 70.4 Å². The van der Waals surface area contributed by atoms with E-state index in [1.165, 1.54) is 37.4 Å². The van der Waals surface area contributed by atoms with E-state index in [0.29, 0.717) is 18.6 Å². The van der Waals surface area contributed by atoms with Crippen LogP contribution in [-0.4, -0.2) is 126 Å². The zero-order valence-electron chi connectivity index (χ0n) is 34.2. The SMILES string of the molecule is CC(=O)N[C@@H]1[C@@H](OC(C)=O)[C@H](OC(C)=O)[C@@H](COC(C)=O)O[C@H]1SCCCCC(=O)N(CCNC(=O)CCC(=O)O)CCC(=O)OCC1c2ccccc2-c2ccccc21. The average Bonchev–Trinajstić information content (AvgIpc) is 3.51. The molecule has 1 fully saturated rings. The summed E-state index contributed by atoms with van der Waals surface area (Å²) < 4.78 is 28.1. The molecule has 326 valence electrons. The van der Waals surface area contributed by atoms with Crippen LogP contribution in [0.1, 0.15) is 83.3 Å². The lowest BCUT2D eigenvalue weighted by atomic mass is 9.97. The van der Waals surface area contributed by atoms with Crippen molar-refractivity contribution >= 4 is 59.3 Å². The number of hydrogen-bond acceptors (Lipinski definition) is 14. The van der Waals surface area contributed by atoms with Gasteiger partial charge in [0, 0.05) is 66.1 Å². The van der Waals surface area contributed by atoms with E-state index in [4.69, 9.17) is 28.8 Å². The van der Waals surface area contributed by atoms with Crippen molar-refractivity contribution in [1.82, 2.24) is 15.5 Å². The van der Waals surface area contributed by atoms with Crippen molar-refractivity contribution in [3.05, 3.63) is 59.7 Å². The van der Waals surface area contributed by atoms with Gasteiger partial charge in [-0.05, 0) is 40.8 Å². The average molecular weight is 856 g/mol. The number of ether oxygens (including phenoxy) is 5. The summed E-state index contributed by atoms with van der Waals surface area (Å²) in [6.45, 7) is 4.73. The molecule has 1 aliphatic heterocycles. The Balaban J connectivity index is 1.35. The summed E-state index contributed by atoms with van der Waals surface area (Å²) in [6, 6.07) is 15.0. The second kappa shape index (κ2) is 23.3. The fourth-order valence-electron chi connectivity index (χ4n) is 7.08. The molecule has 1 aliphatic carbocycles. The molecule has 1 saturated heterocycles. The summed E-state index contributed by atoms with van der Waals surface area (Å²) in [5, 5.41) is 14.3. The van der Waals surface area contributed by atoms with Gasteiger partial charge in [0.1, 0.15) is 30.8 Å². The van der Waals surface area contributed by atoms with Crippen molar-refractivity contribution in [1.29, 1.82) is 0 Å². The third-order valence-electron chi connectivity index (χ3n) is 9.72. The van der Waals surface area contributed by atoms with Crippen LogP contribution in [0.2, 0.25) is 0 Å². The molecule has 17 nitrogen and oxygen atoms in total. The Hall–Kier alpha value is -5.49. The predicted molar refractivity (Wildman–Crippen MR) is 216 cm³/mol. The summed E-state index contributed by atoms with van der Waals surface area (Å²) in [5.74, 6) is -4.59. The maximum Gasteiger partial charge on any atom is 0.307 e. The Morgan fingerprint density at radius 1 is 0.733 bits per heavy atom. The summed E-state index contributed by atoms with van der Waals surface area (Å²) in [4.78, 5) is 99.3. The first-order valence-electron chi connectivity index (χ1n) is 19.8. The van der Waals surface area contributed by atoms with Crippen molar-refractivity contribution in [2.45, 2.75) is 102 Å². The van der Waals surface area contributed by atoms with Gasteiger partial charge in [0.2, 0.25) is 17.7 Å². The lowest BCUT2D eigenvalue weighted by molar-refractivity contribution is -0.211. The third-order valence-corrected chi connectivity index (χ3v) is 11.0. The number of thioether (sulfide) groups is 1. The molecule has 60 heavy (non-hydrogen) atoms. The van der Waals surface area contributed by atoms with Gasteiger partial charge in [-0.25, -0.2) is 0 Å². The van der Waals surface area contributed by atoms with Gasteiger partial charge in [0.05, 0.1) is 12.8 Å². The molecule has 1 heterocycles. The number of nitrogens with zero attached hydrogens (tertiary/aromatic N) is 1. The molecule has 0 saturated carbocycles. The van der Waals surface area contributed by atoms with Gasteiger partial charge in [-0.15, -0.1) is 11.8 Å². The number of hydrogen-bond donors (Lipinski definition) is 3. The number of nitrogens with one attached hydrogen (secondary N) is 2. The molecular weight excluding hydrogens is 803 g/mol. The minimum absolute atomic E-state index is 0.0221. The van der Waals surface area contributed by atoms with Crippen LogP contribution in [0.3, 0.4) is 0 Å². The van der Waals surface area contributed by atoms with Gasteiger partial charge in [-0.1, -0.05) is 48.5 Å². The van der Waals surface area contributed by atoms with Crippen LogP contribution in [0.4, 0.5) is 0 Å². The molecule has 3 amide bonds. The standard InChI is InChI=1S/C42H53N3O14S/c1-25(46)44-39-41(58-28(4)49)40(57-27(3)48)34(24-55-26(2)47)59-42(39)60-22-10-9-15-36(51)45(21-19-43-35(50)16-17-37(52)53)20-18-38(54)56-23-33-31-13-7-5-11-29(31)30-12-6-8-14-32(30)33/h5-8,11-14,33-34,39-42H,9-10,15-24H2,1-4H3,(H,43,50)(H,44,46)(H,52,53)/t34-,39-,40-,41-,42+/m1/s1. The van der Waals surface area contributed by atoms with E-state index in [9.17, 15) is 38.4 Å². The fourth-order valence-corrected chi connectivity index (χ4v) is 8.34. The maximum atomic E-state index is 13.5. The Labute approximate surface area is 352 Å². The Morgan fingerprint density at radius 3 is 1.97 bits per heavy atom. The number of amides is 3. The number of carboxylic acid groups (broad SMARTS) is 1. The second-order valence-corrected chi connectivity index (χ2v) is 15.5. The lowest BCUT2D eigenvalue weighted by Crippen LogP contribution is -2.65. The number of esters is 4. The quantitative estimate of drug-likeness (QED) is 0.0878. The number of rotatable bonds is 22. The molecule has 3 N–H and O–H groups in total. The molecule has 0 radical (unpaired) electrons. The van der Waals surface area contributed by atoms with Gasteiger partial charge >= 0.3 is 29.8 Å². The van der Waals surface area contributed by atoms with Crippen LogP contribution in [-0.2, 0) is 62.0 Å². The van der Waals surface area contributed by atoms with Crippen LogP contribution in [0.25, 0.3) is 11.1 Å². The van der Waals surface area contributed by atoms with Gasteiger partial charge in [0.15, 0.2) is 12.2 Å². The van der Waals surface area contributed by atoms with E-state index in [1.54, 1.807) is 0 Å². The Bertz CT molecular complexity index is 1830. The smallest absolute Gasteiger partial charge is 0.307 e. The largest absolute Gasteiger partial charge is 0.481 e. The van der Waals surface area contributed by atoms with E-state index in [0.717, 1.165) is 29.2 Å². The van der Waals surface area contributed by atoms with E-state index >= 15 is 0 Å². The van der Waals surface area contributed by atoms with Gasteiger partial charge < -0.3 is 44.3 Å². The summed E-state index contributed by atoms with van der Waals surface area (Å²) >= 11 is 1.26. The van der Waals surface area contributed by atoms with E-state index < -0.39 is 71.5 Å². The first-order valence-corrected chi connectivity index (χ1v) is 20.8. The predicted octanol–water partition coefficient (Wildman–Crippen LogP) is 3.10. The van der Waals surface area contributed by atoms with Crippen LogP contribution in [0.5, 0.6) is 0 Å². The first kappa shape index (κ1) is 47.2. The van der Waals surface area contributed by atoms with Gasteiger partial charge in [0.25, 0.3) is 0 Å². The minimum Gasteiger partial charge on any atom is -0.481 e. The monoisotopic (exact) mass is 855 g/mol. The second-order valence-electron chi connectivity index (χ2n) is 14.3. The number of carbonyl (C=O) groups is 8. The fraction of sp³-hybridized carbons (Fsp3) is 0.524. The molecule has 2 aliphatic rings. The highest BCUT2D eigenvalue weighted by Gasteiger charge is 2.50. The molecule has 0 bridgehead atoms. The number of benzene rings is 2. The van der Waals surface area contributed by atoms with Crippen molar-refractivity contribution in [3.63, 3.8) is 0 Å². The number of carbonyl (C=O) groups excluding carboxylic acids is 7. The molecule has 2 aromatic rings. The first-order chi connectivity index (χ1) is 28.6. The summed E-state index contributed by atoms with van der Waals surface area (Å²) in [5.41, 5.74) is 3.47. The minimum atomic E-state index is -1.21. The molecule has 0 spiro atoms. The summed E-state index contributed by atoms with van der Waals surface area (Å²) in [6.07, 6.45) is -3.12. The van der Waals surface area contributed by atoms with Crippen molar-refractivity contribution in [3.8, 4) is 11.1 Å². The highest BCUT2D eigenvalue weighted by molar-refractivity contribution is 7.99. The van der Waals surface area contributed by atoms with Crippen LogP contribution >= 0.6 is 11.8 Å². The molecule has 0 unspecified atom stereocenters. The zero-order valence-corrected chi connectivity index (χ0v) is 35.0. The van der Waals surface area contributed by atoms with Crippen LogP contribution < -0.4 is 10.6 Å². The van der Waals surface area contributed by atoms with Crippen molar-refractivity contribution in [2.24, 2.45) is 0 Å². The van der Waals surface area contributed by atoms with Gasteiger partial charge in [-0.2, -0.15) is 0 Å². The van der Waals surface area contributed by atoms with Crippen molar-refractivity contribution < 1.29 is 67.1 Å². The van der Waals surface area contributed by atoms with Crippen molar-refractivity contribution in [2.75, 3.05) is 38.6 Å². The van der Waals surface area contributed by atoms with Crippen LogP contribution in [0.15, 0.2) is 48.5 Å². The Kier molecular flexibility index (Phi) is 18.4. The normalized spacial score (nSPS) is 19.2. The highest BCUT2D eigenvalue weighted by Crippen LogP contribution is 2.44. The molecular formula is C42H53N3O14S.